The van der Waals surface area contributed by atoms with Gasteiger partial charge in [0.05, 0.1) is 18.4 Å². The van der Waals surface area contributed by atoms with Crippen LogP contribution in [-0.4, -0.2) is 62.9 Å². The number of esters is 1. The quantitative estimate of drug-likeness (QED) is 0.356. The van der Waals surface area contributed by atoms with E-state index in [4.69, 9.17) is 9.84 Å². The Morgan fingerprint density at radius 2 is 1.56 bits per heavy atom. The summed E-state index contributed by atoms with van der Waals surface area (Å²) in [5, 5.41) is 16.2. The van der Waals surface area contributed by atoms with Crippen LogP contribution >= 0.6 is 0 Å². The molecule has 2 aromatic carbocycles. The maximum atomic E-state index is 12.8. The van der Waals surface area contributed by atoms with Crippen molar-refractivity contribution in [1.82, 2.24) is 10.6 Å². The van der Waals surface area contributed by atoms with Gasteiger partial charge in [0.25, 0.3) is 0 Å². The largest absolute Gasteiger partial charge is 0.481 e. The van der Waals surface area contributed by atoms with Crippen LogP contribution in [0.1, 0.15) is 12.0 Å². The Kier molecular flexibility index (Phi) is 9.13. The third kappa shape index (κ3) is 8.20. The highest BCUT2D eigenvalue weighted by Gasteiger charge is 2.29. The van der Waals surface area contributed by atoms with E-state index in [1.54, 1.807) is 30.3 Å². The number of methoxy groups -OCH3 is 1. The molecule has 2 atom stereocenters. The SMILES string of the molecule is COC(=O)C(Cc1ccccc1)NC(=O)[C@H](CC(=O)O)NC(=O)Nc1ccc(S(C)(=O)=O)cc1. The lowest BCUT2D eigenvalue weighted by Gasteiger charge is -2.21. The maximum Gasteiger partial charge on any atom is 0.328 e. The Bertz CT molecular complexity index is 1130. The Morgan fingerprint density at radius 1 is 0.941 bits per heavy atom. The minimum Gasteiger partial charge on any atom is -0.481 e. The second-order valence-electron chi connectivity index (χ2n) is 7.32. The van der Waals surface area contributed by atoms with Gasteiger partial charge in [0.2, 0.25) is 5.91 Å². The van der Waals surface area contributed by atoms with E-state index in [0.717, 1.165) is 18.9 Å². The molecule has 0 spiro atoms. The molecule has 0 fully saturated rings. The van der Waals surface area contributed by atoms with Crippen molar-refractivity contribution < 1.29 is 37.4 Å². The van der Waals surface area contributed by atoms with Crippen LogP contribution in [0, 0.1) is 0 Å². The summed E-state index contributed by atoms with van der Waals surface area (Å²) in [6.45, 7) is 0. The Balaban J connectivity index is 2.10. The van der Waals surface area contributed by atoms with Gasteiger partial charge in [-0.05, 0) is 29.8 Å². The number of hydrogen-bond acceptors (Lipinski definition) is 7. The van der Waals surface area contributed by atoms with E-state index in [0.29, 0.717) is 0 Å². The monoisotopic (exact) mass is 491 g/mol. The molecule has 0 aromatic heterocycles. The summed E-state index contributed by atoms with van der Waals surface area (Å²) in [6, 6.07) is 10.6. The van der Waals surface area contributed by atoms with E-state index >= 15 is 0 Å². The molecular weight excluding hydrogens is 466 g/mol. The third-order valence-corrected chi connectivity index (χ3v) is 5.75. The molecule has 0 heterocycles. The zero-order valence-corrected chi connectivity index (χ0v) is 19.3. The van der Waals surface area contributed by atoms with Crippen LogP contribution in [0.5, 0.6) is 0 Å². The second-order valence-corrected chi connectivity index (χ2v) is 9.34. The summed E-state index contributed by atoms with van der Waals surface area (Å²) in [6.07, 6.45) is 0.389. The molecule has 11 nitrogen and oxygen atoms in total. The molecule has 34 heavy (non-hydrogen) atoms. The van der Waals surface area contributed by atoms with Crippen LogP contribution in [0.25, 0.3) is 0 Å². The summed E-state index contributed by atoms with van der Waals surface area (Å²) in [5.74, 6) is -2.98. The molecule has 0 saturated carbocycles. The Labute approximate surface area is 196 Å². The van der Waals surface area contributed by atoms with Crippen molar-refractivity contribution in [2.75, 3.05) is 18.7 Å². The van der Waals surface area contributed by atoms with Gasteiger partial charge in [-0.25, -0.2) is 18.0 Å². The van der Waals surface area contributed by atoms with Gasteiger partial charge in [-0.3, -0.25) is 9.59 Å². The number of carboxylic acids is 1. The molecule has 182 valence electrons. The van der Waals surface area contributed by atoms with Gasteiger partial charge >= 0.3 is 18.0 Å². The average Bonchev–Trinajstić information content (AvgIpc) is 2.77. The van der Waals surface area contributed by atoms with E-state index in [9.17, 15) is 27.6 Å². The standard InChI is InChI=1S/C22H25N3O8S/c1-33-21(29)18(12-14-6-4-3-5-7-14)24-20(28)17(13-19(26)27)25-22(30)23-15-8-10-16(11-9-15)34(2,31)32/h3-11,17-18H,12-13H2,1-2H3,(H,24,28)(H,26,27)(H2,23,25,30)/t17-,18?/m0/s1. The smallest absolute Gasteiger partial charge is 0.328 e. The minimum atomic E-state index is -3.42. The topological polar surface area (TPSA) is 168 Å². The first-order valence-electron chi connectivity index (χ1n) is 10.0. The molecule has 0 bridgehead atoms. The van der Waals surface area contributed by atoms with Crippen LogP contribution in [0.4, 0.5) is 10.5 Å². The number of carboxylic acid groups (broad SMARTS) is 1. The van der Waals surface area contributed by atoms with Crippen molar-refractivity contribution >= 4 is 39.4 Å². The molecule has 0 radical (unpaired) electrons. The molecule has 0 aliphatic carbocycles. The van der Waals surface area contributed by atoms with Gasteiger partial charge in [0.15, 0.2) is 9.84 Å². The van der Waals surface area contributed by atoms with Crippen LogP contribution in [-0.2, 0) is 35.4 Å². The number of sulfone groups is 1. The number of aliphatic carboxylic acids is 1. The molecule has 0 saturated heterocycles. The zero-order chi connectivity index (χ0) is 25.3. The second kappa shape index (κ2) is 11.8. The molecule has 4 N–H and O–H groups in total. The van der Waals surface area contributed by atoms with Crippen LogP contribution in [0.15, 0.2) is 59.5 Å². The summed E-state index contributed by atoms with van der Waals surface area (Å²) in [5.41, 5.74) is 0.951. The van der Waals surface area contributed by atoms with Gasteiger partial charge < -0.3 is 25.8 Å². The fourth-order valence-electron chi connectivity index (χ4n) is 2.95. The fourth-order valence-corrected chi connectivity index (χ4v) is 3.58. The summed E-state index contributed by atoms with van der Waals surface area (Å²) in [7, 11) is -2.26. The maximum absolute atomic E-state index is 12.8. The predicted octanol–water partition coefficient (Wildman–Crippen LogP) is 0.955. The number of carbonyl (C=O) groups is 4. The van der Waals surface area contributed by atoms with Crippen LogP contribution in [0.2, 0.25) is 0 Å². The van der Waals surface area contributed by atoms with E-state index in [-0.39, 0.29) is 17.0 Å². The number of rotatable bonds is 10. The van der Waals surface area contributed by atoms with Crippen molar-refractivity contribution in [3.05, 3.63) is 60.2 Å². The number of benzene rings is 2. The van der Waals surface area contributed by atoms with Crippen LogP contribution in [0.3, 0.4) is 0 Å². The number of nitrogens with one attached hydrogen (secondary N) is 3. The fraction of sp³-hybridized carbons (Fsp3) is 0.273. The Hall–Kier alpha value is -3.93. The lowest BCUT2D eigenvalue weighted by atomic mass is 10.1. The highest BCUT2D eigenvalue weighted by atomic mass is 32.2. The number of amides is 3. The summed E-state index contributed by atoms with van der Waals surface area (Å²) in [4.78, 5) is 48.6. The van der Waals surface area contributed by atoms with Crippen molar-refractivity contribution in [3.63, 3.8) is 0 Å². The summed E-state index contributed by atoms with van der Waals surface area (Å²) >= 11 is 0. The van der Waals surface area contributed by atoms with Gasteiger partial charge in [-0.15, -0.1) is 0 Å². The normalized spacial score (nSPS) is 12.6. The predicted molar refractivity (Wildman–Crippen MR) is 122 cm³/mol. The van der Waals surface area contributed by atoms with Gasteiger partial charge in [0.1, 0.15) is 12.1 Å². The van der Waals surface area contributed by atoms with E-state index in [2.05, 4.69) is 16.0 Å². The summed E-state index contributed by atoms with van der Waals surface area (Å²) < 4.78 is 27.8. The van der Waals surface area contributed by atoms with Gasteiger partial charge in [-0.2, -0.15) is 0 Å². The van der Waals surface area contributed by atoms with Crippen molar-refractivity contribution in [2.45, 2.75) is 29.8 Å². The van der Waals surface area contributed by atoms with Crippen molar-refractivity contribution in [3.8, 4) is 0 Å². The molecule has 0 aliphatic heterocycles. The highest BCUT2D eigenvalue weighted by Crippen LogP contribution is 2.14. The molecule has 2 aromatic rings. The van der Waals surface area contributed by atoms with Gasteiger partial charge in [-0.1, -0.05) is 30.3 Å². The molecule has 1 unspecified atom stereocenters. The molecule has 0 aliphatic rings. The number of carbonyl (C=O) groups excluding carboxylic acids is 3. The van der Waals surface area contributed by atoms with Crippen molar-refractivity contribution in [1.29, 1.82) is 0 Å². The minimum absolute atomic E-state index is 0.0499. The van der Waals surface area contributed by atoms with Gasteiger partial charge in [0, 0.05) is 18.4 Å². The molecule has 2 rings (SSSR count). The number of hydrogen-bond donors (Lipinski definition) is 4. The van der Waals surface area contributed by atoms with Crippen LogP contribution < -0.4 is 16.0 Å². The van der Waals surface area contributed by atoms with E-state index < -0.39 is 52.2 Å². The molecular formula is C22H25N3O8S. The lowest BCUT2D eigenvalue weighted by Crippen LogP contribution is -2.53. The molecule has 12 heteroatoms. The highest BCUT2D eigenvalue weighted by molar-refractivity contribution is 7.90. The first-order valence-corrected chi connectivity index (χ1v) is 11.9. The molecule has 3 amide bonds. The first kappa shape index (κ1) is 26.3. The lowest BCUT2D eigenvalue weighted by molar-refractivity contribution is -0.145. The number of anilines is 1. The van der Waals surface area contributed by atoms with E-state index in [1.165, 1.54) is 24.3 Å². The van der Waals surface area contributed by atoms with Crippen molar-refractivity contribution in [2.24, 2.45) is 0 Å². The average molecular weight is 492 g/mol. The van der Waals surface area contributed by atoms with E-state index in [1.807, 2.05) is 0 Å². The number of ether oxygens (including phenoxy) is 1. The Morgan fingerprint density at radius 3 is 2.09 bits per heavy atom. The first-order chi connectivity index (χ1) is 16.0. The zero-order valence-electron chi connectivity index (χ0n) is 18.5. The number of urea groups is 1. The third-order valence-electron chi connectivity index (χ3n) is 4.63.